The Bertz CT molecular complexity index is 102. The summed E-state index contributed by atoms with van der Waals surface area (Å²) < 4.78 is 4.74. The second-order valence-corrected chi connectivity index (χ2v) is 2.26. The summed E-state index contributed by atoms with van der Waals surface area (Å²) >= 11 is 0. The molecule has 0 aromatic rings. The van der Waals surface area contributed by atoms with Crippen molar-refractivity contribution in [1.82, 2.24) is 5.73 Å². The molecule has 1 unspecified atom stereocenters. The molecule has 0 amide bonds. The lowest BCUT2D eigenvalue weighted by Crippen LogP contribution is -2.10. The first-order valence-corrected chi connectivity index (χ1v) is 3.53. The van der Waals surface area contributed by atoms with Crippen LogP contribution in [0.25, 0.3) is 0 Å². The first-order valence-electron chi connectivity index (χ1n) is 3.53. The van der Waals surface area contributed by atoms with E-state index in [2.05, 4.69) is 0 Å². The Morgan fingerprint density at radius 1 is 1.70 bits per heavy atom. The van der Waals surface area contributed by atoms with Crippen LogP contribution in [0.3, 0.4) is 0 Å². The Labute approximate surface area is 61.5 Å². The molecule has 0 aliphatic rings. The molecule has 0 bridgehead atoms. The second kappa shape index (κ2) is 5.23. The third-order valence-electron chi connectivity index (χ3n) is 1.10. The van der Waals surface area contributed by atoms with Crippen LogP contribution in [0.2, 0.25) is 0 Å². The summed E-state index contributed by atoms with van der Waals surface area (Å²) in [7, 11) is 0. The normalized spacial score (nSPS) is 12.7. The van der Waals surface area contributed by atoms with E-state index in [9.17, 15) is 4.79 Å². The van der Waals surface area contributed by atoms with Crippen molar-refractivity contribution in [2.75, 3.05) is 6.61 Å². The SMILES string of the molecule is CCC(=O)OCCC(C)[NH]. The summed E-state index contributed by atoms with van der Waals surface area (Å²) in [6.07, 6.45) is 1.05. The molecule has 59 valence electrons. The van der Waals surface area contributed by atoms with Crippen molar-refractivity contribution in [3.63, 3.8) is 0 Å². The first kappa shape index (κ1) is 9.43. The van der Waals surface area contributed by atoms with Crippen molar-refractivity contribution in [2.24, 2.45) is 0 Å². The molecule has 0 aromatic carbocycles. The van der Waals surface area contributed by atoms with Gasteiger partial charge in [-0.05, 0) is 13.3 Å². The molecule has 0 heterocycles. The maximum atomic E-state index is 10.5. The monoisotopic (exact) mass is 144 g/mol. The molecule has 1 atom stereocenters. The molecule has 0 aliphatic heterocycles. The van der Waals surface area contributed by atoms with Crippen molar-refractivity contribution in [3.05, 3.63) is 0 Å². The zero-order valence-corrected chi connectivity index (χ0v) is 6.52. The zero-order valence-electron chi connectivity index (χ0n) is 6.52. The van der Waals surface area contributed by atoms with Crippen LogP contribution in [0.4, 0.5) is 0 Å². The molecule has 0 spiro atoms. The van der Waals surface area contributed by atoms with Gasteiger partial charge < -0.3 is 4.74 Å². The fraction of sp³-hybridized carbons (Fsp3) is 0.857. The van der Waals surface area contributed by atoms with Crippen molar-refractivity contribution < 1.29 is 9.53 Å². The van der Waals surface area contributed by atoms with Gasteiger partial charge in [0, 0.05) is 12.5 Å². The van der Waals surface area contributed by atoms with Crippen LogP contribution in [-0.4, -0.2) is 18.6 Å². The number of hydrogen-bond acceptors (Lipinski definition) is 2. The molecule has 1 radical (unpaired) electrons. The van der Waals surface area contributed by atoms with Crippen molar-refractivity contribution in [3.8, 4) is 0 Å². The minimum absolute atomic E-state index is 0.135. The van der Waals surface area contributed by atoms with Crippen LogP contribution in [-0.2, 0) is 9.53 Å². The van der Waals surface area contributed by atoms with Crippen molar-refractivity contribution >= 4 is 5.97 Å². The minimum atomic E-state index is -0.180. The van der Waals surface area contributed by atoms with Crippen LogP contribution >= 0.6 is 0 Å². The Morgan fingerprint density at radius 2 is 2.30 bits per heavy atom. The van der Waals surface area contributed by atoms with Gasteiger partial charge in [0.05, 0.1) is 6.61 Å². The lowest BCUT2D eigenvalue weighted by Gasteiger charge is -2.03. The first-order chi connectivity index (χ1) is 4.66. The molecule has 0 aliphatic carbocycles. The smallest absolute Gasteiger partial charge is 0.305 e. The topological polar surface area (TPSA) is 50.1 Å². The third-order valence-corrected chi connectivity index (χ3v) is 1.10. The quantitative estimate of drug-likeness (QED) is 0.553. The number of carbonyl (C=O) groups is 1. The summed E-state index contributed by atoms with van der Waals surface area (Å²) in [4.78, 5) is 10.5. The summed E-state index contributed by atoms with van der Waals surface area (Å²) in [5, 5.41) is 0. The van der Waals surface area contributed by atoms with Crippen LogP contribution in [0, 0.1) is 0 Å². The van der Waals surface area contributed by atoms with E-state index < -0.39 is 0 Å². The molecule has 0 aromatic heterocycles. The van der Waals surface area contributed by atoms with E-state index in [-0.39, 0.29) is 12.0 Å². The van der Waals surface area contributed by atoms with Gasteiger partial charge in [-0.2, -0.15) is 0 Å². The minimum Gasteiger partial charge on any atom is -0.466 e. The van der Waals surface area contributed by atoms with Crippen LogP contribution < -0.4 is 5.73 Å². The number of esters is 1. The fourth-order valence-electron chi connectivity index (χ4n) is 0.452. The summed E-state index contributed by atoms with van der Waals surface area (Å²) in [5.41, 5.74) is 7.09. The number of hydrogen-bond donors (Lipinski definition) is 0. The van der Waals surface area contributed by atoms with Crippen molar-refractivity contribution in [1.29, 1.82) is 0 Å². The van der Waals surface area contributed by atoms with E-state index in [1.807, 2.05) is 0 Å². The Kier molecular flexibility index (Phi) is 4.94. The highest BCUT2D eigenvalue weighted by atomic mass is 16.5. The van der Waals surface area contributed by atoms with Gasteiger partial charge in [-0.1, -0.05) is 6.92 Å². The number of rotatable bonds is 4. The zero-order chi connectivity index (χ0) is 7.98. The van der Waals surface area contributed by atoms with Gasteiger partial charge in [0.15, 0.2) is 0 Å². The van der Waals surface area contributed by atoms with Crippen LogP contribution in [0.15, 0.2) is 0 Å². The van der Waals surface area contributed by atoms with Crippen molar-refractivity contribution in [2.45, 2.75) is 32.7 Å². The maximum absolute atomic E-state index is 10.5. The standard InChI is InChI=1S/C7H14NO2/c1-3-7(9)10-5-4-6(2)8/h6,8H,3-5H2,1-2H3. The summed E-state index contributed by atoms with van der Waals surface area (Å²) in [6, 6.07) is -0.135. The van der Waals surface area contributed by atoms with E-state index in [0.29, 0.717) is 19.4 Å². The lowest BCUT2D eigenvalue weighted by atomic mass is 10.3. The lowest BCUT2D eigenvalue weighted by molar-refractivity contribution is -0.143. The van der Waals surface area contributed by atoms with Crippen LogP contribution in [0.1, 0.15) is 26.7 Å². The maximum Gasteiger partial charge on any atom is 0.305 e. The van der Waals surface area contributed by atoms with E-state index in [0.717, 1.165) is 0 Å². The van der Waals surface area contributed by atoms with Gasteiger partial charge in [-0.3, -0.25) is 10.5 Å². The van der Waals surface area contributed by atoms with E-state index in [4.69, 9.17) is 10.5 Å². The largest absolute Gasteiger partial charge is 0.466 e. The molecule has 3 nitrogen and oxygen atoms in total. The second-order valence-electron chi connectivity index (χ2n) is 2.26. The molecule has 1 N–H and O–H groups in total. The van der Waals surface area contributed by atoms with Crippen LogP contribution in [0.5, 0.6) is 0 Å². The molecular formula is C7H14NO2. The fourth-order valence-corrected chi connectivity index (χ4v) is 0.452. The van der Waals surface area contributed by atoms with Gasteiger partial charge in [0.2, 0.25) is 0 Å². The molecule has 0 fully saturated rings. The molecule has 0 saturated carbocycles. The highest BCUT2D eigenvalue weighted by Crippen LogP contribution is 1.91. The third kappa shape index (κ3) is 5.56. The predicted octanol–water partition coefficient (Wildman–Crippen LogP) is 1.00. The highest BCUT2D eigenvalue weighted by Gasteiger charge is 1.99. The van der Waals surface area contributed by atoms with Gasteiger partial charge in [0.25, 0.3) is 0 Å². The molecule has 0 rings (SSSR count). The average molecular weight is 144 g/mol. The van der Waals surface area contributed by atoms with Gasteiger partial charge in [0.1, 0.15) is 0 Å². The molecule has 0 saturated heterocycles. The predicted molar refractivity (Wildman–Crippen MR) is 38.4 cm³/mol. The summed E-state index contributed by atoms with van der Waals surface area (Å²) in [6.45, 7) is 3.92. The van der Waals surface area contributed by atoms with E-state index in [1.54, 1.807) is 13.8 Å². The number of nitrogens with one attached hydrogen (secondary N) is 1. The van der Waals surface area contributed by atoms with E-state index >= 15 is 0 Å². The van der Waals surface area contributed by atoms with E-state index in [1.165, 1.54) is 0 Å². The van der Waals surface area contributed by atoms with Gasteiger partial charge in [-0.15, -0.1) is 0 Å². The molecule has 3 heteroatoms. The number of ether oxygens (including phenoxy) is 1. The summed E-state index contributed by atoms with van der Waals surface area (Å²) in [5.74, 6) is -0.180. The Balaban J connectivity index is 3.12. The number of carbonyl (C=O) groups excluding carboxylic acids is 1. The highest BCUT2D eigenvalue weighted by molar-refractivity contribution is 5.68. The van der Waals surface area contributed by atoms with Gasteiger partial charge in [-0.25, -0.2) is 0 Å². The molecular weight excluding hydrogens is 130 g/mol. The average Bonchev–Trinajstić information content (AvgIpc) is 1.87. The van der Waals surface area contributed by atoms with Gasteiger partial charge >= 0.3 is 5.97 Å². The Morgan fingerprint density at radius 3 is 2.70 bits per heavy atom. The molecule has 10 heavy (non-hydrogen) atoms. The Hall–Kier alpha value is -0.570.